The van der Waals surface area contributed by atoms with Crippen LogP contribution in [0.2, 0.25) is 5.02 Å². The number of aryl methyl sites for hydroxylation is 1. The fourth-order valence-electron chi connectivity index (χ4n) is 5.47. The lowest BCUT2D eigenvalue weighted by Gasteiger charge is -2.32. The summed E-state index contributed by atoms with van der Waals surface area (Å²) >= 11 is 6.40. The summed E-state index contributed by atoms with van der Waals surface area (Å²) in [5.74, 6) is 2.88. The summed E-state index contributed by atoms with van der Waals surface area (Å²) in [6.07, 6.45) is 14.4. The highest BCUT2D eigenvalue weighted by Gasteiger charge is 2.24. The molecule has 3 aromatic rings. The van der Waals surface area contributed by atoms with Crippen LogP contribution in [0.1, 0.15) is 48.0 Å². The first-order valence-electron chi connectivity index (χ1n) is 13.8. The number of carbonyl (C=O) groups excluding carboxylic acids is 1. The average molecular weight is 558 g/mol. The molecule has 3 aliphatic rings. The van der Waals surface area contributed by atoms with Gasteiger partial charge in [0.1, 0.15) is 10.8 Å². The van der Waals surface area contributed by atoms with Crippen LogP contribution in [0.15, 0.2) is 65.8 Å². The number of likely N-dealkylation sites (tertiary alicyclic amines) is 1. The lowest BCUT2D eigenvalue weighted by atomic mass is 9.93. The summed E-state index contributed by atoms with van der Waals surface area (Å²) in [4.78, 5) is 32.1. The first kappa shape index (κ1) is 26.3. The fraction of sp³-hybridized carbons (Fsp3) is 0.367. The number of anilines is 3. The minimum Gasteiger partial charge on any atom is -0.493 e. The predicted octanol–water partition coefficient (Wildman–Crippen LogP) is 5.88. The number of nitrogens with zero attached hydrogens (tertiary/aromatic N) is 5. The van der Waals surface area contributed by atoms with Gasteiger partial charge in [0.15, 0.2) is 5.82 Å². The molecular formula is C30H32ClN7O2. The summed E-state index contributed by atoms with van der Waals surface area (Å²) in [6.45, 7) is 2.20. The van der Waals surface area contributed by atoms with Crippen molar-refractivity contribution in [2.24, 2.45) is 16.8 Å². The molecule has 1 amide bonds. The zero-order valence-corrected chi connectivity index (χ0v) is 23.0. The van der Waals surface area contributed by atoms with E-state index in [4.69, 9.17) is 16.3 Å². The van der Waals surface area contributed by atoms with Gasteiger partial charge in [-0.1, -0.05) is 11.6 Å². The van der Waals surface area contributed by atoms with Gasteiger partial charge in [-0.05, 0) is 80.3 Å². The maximum absolute atomic E-state index is 12.7. The molecule has 2 N–H and O–H groups in total. The van der Waals surface area contributed by atoms with Crippen LogP contribution in [0, 0.1) is 11.8 Å². The lowest BCUT2D eigenvalue weighted by molar-refractivity contribution is 0.0680. The number of allylic oxidation sites excluding steroid dienone is 1. The number of aromatic nitrogens is 3. The Bertz CT molecular complexity index is 1420. The molecule has 206 valence electrons. The maximum atomic E-state index is 12.7. The summed E-state index contributed by atoms with van der Waals surface area (Å²) in [5, 5.41) is 7.08. The van der Waals surface area contributed by atoms with E-state index in [0.29, 0.717) is 40.8 Å². The monoisotopic (exact) mass is 557 g/mol. The standard InChI is InChI=1S/C30H32ClN7O2/c31-26-19-34-30-36-25-15-21(17-33-18-25)1-2-23-16-24(35-28(26)37-30)3-4-27(23)40-14-9-20-7-12-38(13-8-20)29(39)22-5-10-32-11-6-22/h3-6,10-11,16-21H,1-2,7-9,12-15H2,(H2,34,35,36,37). The number of piperidine rings is 1. The normalized spacial score (nSPS) is 18.8. The summed E-state index contributed by atoms with van der Waals surface area (Å²) < 4.78 is 6.36. The van der Waals surface area contributed by atoms with Crippen LogP contribution in [-0.2, 0) is 6.42 Å². The highest BCUT2D eigenvalue weighted by atomic mass is 35.5. The van der Waals surface area contributed by atoms with Crippen LogP contribution in [-0.4, -0.2) is 51.7 Å². The molecule has 0 saturated carbocycles. The van der Waals surface area contributed by atoms with Gasteiger partial charge in [0.2, 0.25) is 5.95 Å². The molecule has 1 fully saturated rings. The van der Waals surface area contributed by atoms with E-state index in [-0.39, 0.29) is 5.91 Å². The topological polar surface area (TPSA) is 105 Å². The number of hydrogen-bond acceptors (Lipinski definition) is 8. The van der Waals surface area contributed by atoms with Gasteiger partial charge >= 0.3 is 0 Å². The minimum absolute atomic E-state index is 0.0895. The van der Waals surface area contributed by atoms with E-state index in [1.165, 1.54) is 0 Å². The molecule has 1 aromatic carbocycles. The quantitative estimate of drug-likeness (QED) is 0.403. The average Bonchev–Trinajstić information content (AvgIpc) is 2.99. The number of halogens is 1. The SMILES string of the molecule is O=C(c1ccncc1)N1CCC(CCOc2ccc3cc2CCC2C=NC=C(C2)Nc2ncc(Cl)c(n2)N3)CC1. The zero-order valence-electron chi connectivity index (χ0n) is 22.2. The third kappa shape index (κ3) is 6.25. The second kappa shape index (κ2) is 12.0. The Balaban J connectivity index is 1.10. The molecule has 0 spiro atoms. The molecule has 10 heteroatoms. The van der Waals surface area contributed by atoms with Crippen molar-refractivity contribution < 1.29 is 9.53 Å². The fourth-order valence-corrected chi connectivity index (χ4v) is 5.61. The molecule has 5 heterocycles. The minimum atomic E-state index is 0.0895. The van der Waals surface area contributed by atoms with Gasteiger partial charge in [-0.25, -0.2) is 4.98 Å². The molecule has 9 nitrogen and oxygen atoms in total. The molecule has 40 heavy (non-hydrogen) atoms. The highest BCUT2D eigenvalue weighted by Crippen LogP contribution is 2.32. The van der Waals surface area contributed by atoms with E-state index >= 15 is 0 Å². The Morgan fingerprint density at radius 2 is 1.95 bits per heavy atom. The number of nitrogens with one attached hydrogen (secondary N) is 2. The van der Waals surface area contributed by atoms with Crippen LogP contribution in [0.4, 0.5) is 17.5 Å². The van der Waals surface area contributed by atoms with Crippen molar-refractivity contribution in [2.45, 2.75) is 38.5 Å². The van der Waals surface area contributed by atoms with E-state index in [1.807, 2.05) is 29.4 Å². The van der Waals surface area contributed by atoms with Crippen molar-refractivity contribution in [3.05, 3.63) is 77.0 Å². The molecular weight excluding hydrogens is 526 g/mol. The van der Waals surface area contributed by atoms with Crippen LogP contribution < -0.4 is 15.4 Å². The molecule has 1 unspecified atom stereocenters. The number of carbonyl (C=O) groups is 1. The molecule has 3 aliphatic heterocycles. The van der Waals surface area contributed by atoms with Crippen molar-refractivity contribution >= 4 is 41.2 Å². The number of fused-ring (bicyclic) bond motifs is 6. The summed E-state index contributed by atoms with van der Waals surface area (Å²) in [7, 11) is 0. The number of aliphatic imine (C=N–C) groups is 1. The molecule has 0 aliphatic carbocycles. The van der Waals surface area contributed by atoms with E-state index < -0.39 is 0 Å². The molecule has 2 aromatic heterocycles. The van der Waals surface area contributed by atoms with Crippen molar-refractivity contribution in [3.63, 3.8) is 0 Å². The maximum Gasteiger partial charge on any atom is 0.253 e. The van der Waals surface area contributed by atoms with Gasteiger partial charge in [0.05, 0.1) is 12.8 Å². The van der Waals surface area contributed by atoms with E-state index in [2.05, 4.69) is 36.6 Å². The highest BCUT2D eigenvalue weighted by molar-refractivity contribution is 6.32. The zero-order chi connectivity index (χ0) is 27.3. The van der Waals surface area contributed by atoms with Crippen LogP contribution in [0.5, 0.6) is 5.75 Å². The number of rotatable bonds is 5. The van der Waals surface area contributed by atoms with Gasteiger partial charge in [0.25, 0.3) is 5.91 Å². The molecule has 1 atom stereocenters. The van der Waals surface area contributed by atoms with Gasteiger partial charge in [-0.3, -0.25) is 14.8 Å². The van der Waals surface area contributed by atoms with Crippen molar-refractivity contribution in [1.82, 2.24) is 19.9 Å². The smallest absolute Gasteiger partial charge is 0.253 e. The van der Waals surface area contributed by atoms with Gasteiger partial charge in [-0.15, -0.1) is 0 Å². The Hall–Kier alpha value is -3.98. The van der Waals surface area contributed by atoms with Gasteiger partial charge in [-0.2, -0.15) is 4.98 Å². The number of ether oxygens (including phenoxy) is 1. The molecule has 6 rings (SSSR count). The lowest BCUT2D eigenvalue weighted by Crippen LogP contribution is -2.38. The Morgan fingerprint density at radius 3 is 2.80 bits per heavy atom. The molecule has 0 radical (unpaired) electrons. The Labute approximate surface area is 238 Å². The molecule has 6 bridgehead atoms. The first-order valence-corrected chi connectivity index (χ1v) is 14.2. The van der Waals surface area contributed by atoms with Gasteiger partial charge in [0, 0.05) is 60.8 Å². The second-order valence-corrected chi connectivity index (χ2v) is 10.9. The van der Waals surface area contributed by atoms with E-state index in [1.54, 1.807) is 30.7 Å². The third-order valence-corrected chi connectivity index (χ3v) is 8.02. The summed E-state index contributed by atoms with van der Waals surface area (Å²) in [6, 6.07) is 9.71. The largest absolute Gasteiger partial charge is 0.493 e. The Kier molecular flexibility index (Phi) is 7.90. The number of hydrogen-bond donors (Lipinski definition) is 2. The van der Waals surface area contributed by atoms with Crippen LogP contribution in [0.3, 0.4) is 0 Å². The second-order valence-electron chi connectivity index (χ2n) is 10.5. The summed E-state index contributed by atoms with van der Waals surface area (Å²) in [5.41, 5.74) is 3.73. The van der Waals surface area contributed by atoms with E-state index in [9.17, 15) is 4.79 Å². The van der Waals surface area contributed by atoms with Crippen molar-refractivity contribution in [2.75, 3.05) is 30.3 Å². The third-order valence-electron chi connectivity index (χ3n) is 7.75. The number of benzene rings is 1. The first-order chi connectivity index (χ1) is 19.6. The van der Waals surface area contributed by atoms with Gasteiger partial charge < -0.3 is 20.3 Å². The predicted molar refractivity (Wildman–Crippen MR) is 156 cm³/mol. The van der Waals surface area contributed by atoms with Crippen LogP contribution in [0.25, 0.3) is 0 Å². The number of pyridine rings is 1. The van der Waals surface area contributed by atoms with Crippen molar-refractivity contribution in [1.29, 1.82) is 0 Å². The Morgan fingerprint density at radius 1 is 1.10 bits per heavy atom. The van der Waals surface area contributed by atoms with E-state index in [0.717, 1.165) is 74.3 Å². The van der Waals surface area contributed by atoms with Crippen LogP contribution >= 0.6 is 11.6 Å². The molecule has 1 saturated heterocycles. The number of amides is 1. The van der Waals surface area contributed by atoms with Crippen molar-refractivity contribution in [3.8, 4) is 5.75 Å².